The maximum absolute atomic E-state index is 6.24. The molecule has 98 valence electrons. The number of halogens is 1. The molecule has 0 fully saturated rings. The number of hydrogen-bond donors (Lipinski definition) is 1. The van der Waals surface area contributed by atoms with Gasteiger partial charge in [0.05, 0.1) is 5.52 Å². The highest BCUT2D eigenvalue weighted by molar-refractivity contribution is 6.32. The van der Waals surface area contributed by atoms with Gasteiger partial charge in [-0.25, -0.2) is 0 Å². The first-order chi connectivity index (χ1) is 8.56. The first-order valence-electron chi connectivity index (χ1n) is 6.54. The van der Waals surface area contributed by atoms with E-state index >= 15 is 0 Å². The molecule has 0 atom stereocenters. The van der Waals surface area contributed by atoms with E-state index in [9.17, 15) is 0 Å². The number of nitrogens with two attached hydrogens (primary N) is 1. The van der Waals surface area contributed by atoms with Gasteiger partial charge in [0.25, 0.3) is 0 Å². The van der Waals surface area contributed by atoms with E-state index in [0.29, 0.717) is 6.04 Å². The van der Waals surface area contributed by atoms with Gasteiger partial charge in [0.15, 0.2) is 0 Å². The summed E-state index contributed by atoms with van der Waals surface area (Å²) in [7, 11) is 0. The Labute approximate surface area is 114 Å². The lowest BCUT2D eigenvalue weighted by Crippen LogP contribution is -2.00. The second-order valence-electron chi connectivity index (χ2n) is 5.12. The Balaban J connectivity index is 2.64. The van der Waals surface area contributed by atoms with Crippen LogP contribution < -0.4 is 5.73 Å². The third-order valence-electron chi connectivity index (χ3n) is 3.47. The molecule has 2 nitrogen and oxygen atoms in total. The van der Waals surface area contributed by atoms with Crippen molar-refractivity contribution in [2.75, 3.05) is 6.54 Å². The molecule has 0 saturated carbocycles. The van der Waals surface area contributed by atoms with Gasteiger partial charge < -0.3 is 10.3 Å². The van der Waals surface area contributed by atoms with E-state index in [-0.39, 0.29) is 0 Å². The second-order valence-corrected chi connectivity index (χ2v) is 5.52. The highest BCUT2D eigenvalue weighted by Crippen LogP contribution is 2.31. The summed E-state index contributed by atoms with van der Waals surface area (Å²) in [6.45, 7) is 7.23. The minimum atomic E-state index is 0.441. The molecule has 1 heterocycles. The molecule has 3 heteroatoms. The average molecular weight is 265 g/mol. The van der Waals surface area contributed by atoms with Gasteiger partial charge in [-0.05, 0) is 57.4 Å². The summed E-state index contributed by atoms with van der Waals surface area (Å²) in [4.78, 5) is 0. The van der Waals surface area contributed by atoms with E-state index < -0.39 is 0 Å². The predicted octanol–water partition coefficient (Wildman–Crippen LogP) is 4.08. The first kappa shape index (κ1) is 13.4. The van der Waals surface area contributed by atoms with E-state index in [1.165, 1.54) is 22.0 Å². The molecule has 1 aromatic heterocycles. The molecule has 2 N–H and O–H groups in total. The summed E-state index contributed by atoms with van der Waals surface area (Å²) in [5.74, 6) is 0. The number of aryl methyl sites for hydroxylation is 2. The maximum atomic E-state index is 6.24. The van der Waals surface area contributed by atoms with Crippen LogP contribution in [-0.4, -0.2) is 11.1 Å². The van der Waals surface area contributed by atoms with Crippen LogP contribution in [0.1, 0.15) is 37.4 Å². The lowest BCUT2D eigenvalue weighted by atomic mass is 10.1. The number of hydrogen-bond acceptors (Lipinski definition) is 1. The van der Waals surface area contributed by atoms with Crippen LogP contribution in [0.4, 0.5) is 0 Å². The molecule has 2 aromatic rings. The van der Waals surface area contributed by atoms with Crippen LogP contribution in [0.15, 0.2) is 18.3 Å². The lowest BCUT2D eigenvalue weighted by Gasteiger charge is -2.11. The van der Waals surface area contributed by atoms with Crippen molar-refractivity contribution in [2.24, 2.45) is 5.73 Å². The Bertz CT molecular complexity index is 555. The smallest absolute Gasteiger partial charge is 0.0530 e. The second kappa shape index (κ2) is 5.33. The molecular weight excluding hydrogens is 244 g/mol. The Kier molecular flexibility index (Phi) is 3.98. The highest BCUT2D eigenvalue weighted by Gasteiger charge is 2.13. The zero-order valence-electron chi connectivity index (χ0n) is 11.3. The van der Waals surface area contributed by atoms with Crippen molar-refractivity contribution >= 4 is 22.5 Å². The topological polar surface area (TPSA) is 30.9 Å². The van der Waals surface area contributed by atoms with Gasteiger partial charge in [0.1, 0.15) is 0 Å². The van der Waals surface area contributed by atoms with Crippen LogP contribution in [0.2, 0.25) is 5.02 Å². The molecule has 0 saturated heterocycles. The molecule has 0 amide bonds. The van der Waals surface area contributed by atoms with Gasteiger partial charge in [-0.1, -0.05) is 17.7 Å². The van der Waals surface area contributed by atoms with Crippen molar-refractivity contribution < 1.29 is 0 Å². The molecule has 0 aliphatic heterocycles. The standard InChI is InChI=1S/C15H21ClN2/c1-10(2)18-9-12(5-4-8-17)13-6-7-14(16)11(3)15(13)18/h6-7,9-10H,4-5,8,17H2,1-3H3. The van der Waals surface area contributed by atoms with E-state index in [0.717, 1.165) is 24.4 Å². The van der Waals surface area contributed by atoms with Crippen LogP contribution in [-0.2, 0) is 6.42 Å². The Morgan fingerprint density at radius 2 is 2.06 bits per heavy atom. The Morgan fingerprint density at radius 1 is 1.33 bits per heavy atom. The Hall–Kier alpha value is -0.990. The van der Waals surface area contributed by atoms with E-state index in [1.807, 2.05) is 6.07 Å². The fourth-order valence-corrected chi connectivity index (χ4v) is 2.62. The number of aromatic nitrogens is 1. The number of fused-ring (bicyclic) bond motifs is 1. The monoisotopic (exact) mass is 264 g/mol. The molecule has 0 bridgehead atoms. The largest absolute Gasteiger partial charge is 0.344 e. The minimum Gasteiger partial charge on any atom is -0.344 e. The van der Waals surface area contributed by atoms with Crippen LogP contribution >= 0.6 is 11.6 Å². The summed E-state index contributed by atoms with van der Waals surface area (Å²) in [5, 5.41) is 2.16. The van der Waals surface area contributed by atoms with E-state index in [2.05, 4.69) is 37.6 Å². The number of rotatable bonds is 4. The SMILES string of the molecule is Cc1c(Cl)ccc2c(CCCN)cn(C(C)C)c12. The third-order valence-corrected chi connectivity index (χ3v) is 3.88. The average Bonchev–Trinajstić information content (AvgIpc) is 2.71. The van der Waals surface area contributed by atoms with Crippen molar-refractivity contribution in [3.63, 3.8) is 0 Å². The summed E-state index contributed by atoms with van der Waals surface area (Å²) >= 11 is 6.24. The van der Waals surface area contributed by atoms with Crippen LogP contribution in [0.5, 0.6) is 0 Å². The number of nitrogens with zero attached hydrogens (tertiary/aromatic N) is 1. The van der Waals surface area contributed by atoms with Crippen molar-refractivity contribution in [1.29, 1.82) is 0 Å². The predicted molar refractivity (Wildman–Crippen MR) is 79.4 cm³/mol. The fraction of sp³-hybridized carbons (Fsp3) is 0.467. The van der Waals surface area contributed by atoms with Crippen molar-refractivity contribution in [1.82, 2.24) is 4.57 Å². The molecular formula is C15H21ClN2. The van der Waals surface area contributed by atoms with Gasteiger partial charge >= 0.3 is 0 Å². The van der Waals surface area contributed by atoms with Crippen LogP contribution in [0.3, 0.4) is 0 Å². The molecule has 1 aromatic carbocycles. The summed E-state index contributed by atoms with van der Waals surface area (Å²) < 4.78 is 2.32. The zero-order valence-corrected chi connectivity index (χ0v) is 12.1. The third kappa shape index (κ3) is 2.27. The normalized spacial score (nSPS) is 11.7. The number of benzene rings is 1. The molecule has 0 unspecified atom stereocenters. The van der Waals surface area contributed by atoms with E-state index in [1.54, 1.807) is 0 Å². The minimum absolute atomic E-state index is 0.441. The van der Waals surface area contributed by atoms with Gasteiger partial charge in [0.2, 0.25) is 0 Å². The van der Waals surface area contributed by atoms with Gasteiger partial charge in [-0.2, -0.15) is 0 Å². The Morgan fingerprint density at radius 3 is 2.67 bits per heavy atom. The highest BCUT2D eigenvalue weighted by atomic mass is 35.5. The summed E-state index contributed by atoms with van der Waals surface area (Å²) in [6.07, 6.45) is 4.32. The molecule has 0 radical (unpaired) electrons. The van der Waals surface area contributed by atoms with Crippen molar-refractivity contribution in [2.45, 2.75) is 39.7 Å². The summed E-state index contributed by atoms with van der Waals surface area (Å²) in [5.41, 5.74) is 9.43. The molecule has 0 spiro atoms. The summed E-state index contributed by atoms with van der Waals surface area (Å²) in [6, 6.07) is 4.57. The maximum Gasteiger partial charge on any atom is 0.0530 e. The molecule has 18 heavy (non-hydrogen) atoms. The fourth-order valence-electron chi connectivity index (χ4n) is 2.47. The van der Waals surface area contributed by atoms with Gasteiger partial charge in [-0.3, -0.25) is 0 Å². The van der Waals surface area contributed by atoms with Crippen molar-refractivity contribution in [3.05, 3.63) is 34.5 Å². The molecule has 0 aliphatic rings. The van der Waals surface area contributed by atoms with Crippen LogP contribution in [0, 0.1) is 6.92 Å². The molecule has 2 rings (SSSR count). The van der Waals surface area contributed by atoms with Crippen LogP contribution in [0.25, 0.3) is 10.9 Å². The first-order valence-corrected chi connectivity index (χ1v) is 6.92. The quantitative estimate of drug-likeness (QED) is 0.887. The zero-order chi connectivity index (χ0) is 13.3. The van der Waals surface area contributed by atoms with Gasteiger partial charge in [-0.15, -0.1) is 0 Å². The molecule has 0 aliphatic carbocycles. The lowest BCUT2D eigenvalue weighted by molar-refractivity contribution is 0.619. The van der Waals surface area contributed by atoms with Crippen molar-refractivity contribution in [3.8, 4) is 0 Å². The van der Waals surface area contributed by atoms with E-state index in [4.69, 9.17) is 17.3 Å². The van der Waals surface area contributed by atoms with Gasteiger partial charge in [0, 0.05) is 22.6 Å².